The third-order valence-corrected chi connectivity index (χ3v) is 6.09. The van der Waals surface area contributed by atoms with Gasteiger partial charge in [0.05, 0.1) is 18.5 Å². The van der Waals surface area contributed by atoms with Gasteiger partial charge in [-0.2, -0.15) is 8.42 Å². The minimum absolute atomic E-state index is 0.0759. The van der Waals surface area contributed by atoms with Gasteiger partial charge < -0.3 is 5.32 Å². The van der Waals surface area contributed by atoms with Gasteiger partial charge in [-0.05, 0) is 29.1 Å². The predicted molar refractivity (Wildman–Crippen MR) is 116 cm³/mol. The van der Waals surface area contributed by atoms with E-state index in [0.29, 0.717) is 5.69 Å². The lowest BCUT2D eigenvalue weighted by Crippen LogP contribution is -2.32. The highest BCUT2D eigenvalue weighted by Crippen LogP contribution is 2.33. The van der Waals surface area contributed by atoms with Gasteiger partial charge in [-0.1, -0.05) is 29.5 Å². The van der Waals surface area contributed by atoms with Crippen molar-refractivity contribution in [3.05, 3.63) is 77.2 Å². The van der Waals surface area contributed by atoms with Crippen LogP contribution in [0.3, 0.4) is 0 Å². The largest absolute Gasteiger partial charge is 0.343 e. The summed E-state index contributed by atoms with van der Waals surface area (Å²) in [6, 6.07) is 13.5. The molecule has 0 fully saturated rings. The number of carbonyl (C=O) groups excluding carboxylic acids is 1. The van der Waals surface area contributed by atoms with E-state index in [0.717, 1.165) is 26.8 Å². The van der Waals surface area contributed by atoms with Gasteiger partial charge in [-0.15, -0.1) is 16.4 Å². The maximum atomic E-state index is 12.8. The topological polar surface area (TPSA) is 116 Å². The Morgan fingerprint density at radius 3 is 2.84 bits per heavy atom. The van der Waals surface area contributed by atoms with E-state index in [1.807, 2.05) is 36.4 Å². The molecule has 0 aliphatic rings. The second-order valence-electron chi connectivity index (χ2n) is 6.85. The minimum Gasteiger partial charge on any atom is -0.343 e. The second-order valence-corrected chi connectivity index (χ2v) is 9.61. The van der Waals surface area contributed by atoms with Crippen molar-refractivity contribution in [3.8, 4) is 0 Å². The smallest absolute Gasteiger partial charge is 0.264 e. The molecule has 0 saturated carbocycles. The number of hydrogen-bond acceptors (Lipinski definition) is 8. The van der Waals surface area contributed by atoms with E-state index in [1.54, 1.807) is 23.7 Å². The number of benzene rings is 1. The molecule has 9 nitrogen and oxygen atoms in total. The molecule has 0 aliphatic heterocycles. The number of carbonyl (C=O) groups is 1. The van der Waals surface area contributed by atoms with E-state index in [2.05, 4.69) is 26.7 Å². The molecular weight excluding hydrogens is 438 g/mol. The molecule has 0 radical (unpaired) electrons. The van der Waals surface area contributed by atoms with Crippen molar-refractivity contribution in [3.63, 3.8) is 0 Å². The molecular formula is C20H19N5O4S2. The Kier molecular flexibility index (Phi) is 6.07. The van der Waals surface area contributed by atoms with Crippen LogP contribution in [-0.2, 0) is 32.2 Å². The summed E-state index contributed by atoms with van der Waals surface area (Å²) < 4.78 is 29.4. The molecule has 0 saturated heterocycles. The van der Waals surface area contributed by atoms with Crippen LogP contribution in [0.15, 0.2) is 61.1 Å². The summed E-state index contributed by atoms with van der Waals surface area (Å²) in [6.07, 6.45) is 5.84. The monoisotopic (exact) mass is 457 g/mol. The highest BCUT2D eigenvalue weighted by Gasteiger charge is 2.20. The average Bonchev–Trinajstić information content (AvgIpc) is 3.37. The molecule has 0 spiro atoms. The Hall–Kier alpha value is -3.15. The first-order valence-electron chi connectivity index (χ1n) is 9.28. The molecule has 11 heteroatoms. The fourth-order valence-corrected chi connectivity index (χ4v) is 4.49. The lowest BCUT2D eigenvalue weighted by Gasteiger charge is -2.17. The highest BCUT2D eigenvalue weighted by atomic mass is 32.2. The molecule has 0 aliphatic carbocycles. The third-order valence-electron chi connectivity index (χ3n) is 4.36. The number of nitrogens with one attached hydrogen (secondary N) is 1. The second kappa shape index (κ2) is 8.92. The quantitative estimate of drug-likeness (QED) is 0.404. The van der Waals surface area contributed by atoms with Crippen LogP contribution in [0.5, 0.6) is 0 Å². The van der Waals surface area contributed by atoms with E-state index in [1.165, 1.54) is 10.9 Å². The van der Waals surface area contributed by atoms with Crippen LogP contribution in [0, 0.1) is 0 Å². The van der Waals surface area contributed by atoms with Gasteiger partial charge in [0.25, 0.3) is 10.1 Å². The number of fused-ring (bicyclic) bond motifs is 1. The molecule has 3 aromatic heterocycles. The zero-order valence-electron chi connectivity index (χ0n) is 16.5. The summed E-state index contributed by atoms with van der Waals surface area (Å²) >= 11 is 1.61. The van der Waals surface area contributed by atoms with Crippen molar-refractivity contribution >= 4 is 37.4 Å². The van der Waals surface area contributed by atoms with Gasteiger partial charge in [-0.25, -0.2) is 4.68 Å². The molecule has 160 valence electrons. The SMILES string of the molecule is CS(=O)(=O)OCc1cn(CC(=O)NC(c2cccnc2)c2cc3ccccc3s2)nn1. The van der Waals surface area contributed by atoms with Crippen LogP contribution < -0.4 is 5.32 Å². The van der Waals surface area contributed by atoms with E-state index < -0.39 is 10.1 Å². The number of aromatic nitrogens is 4. The first-order chi connectivity index (χ1) is 14.9. The van der Waals surface area contributed by atoms with Crippen LogP contribution in [0.1, 0.15) is 22.2 Å². The maximum absolute atomic E-state index is 12.8. The summed E-state index contributed by atoms with van der Waals surface area (Å²) in [7, 11) is -3.59. The van der Waals surface area contributed by atoms with Crippen LogP contribution in [-0.4, -0.2) is 40.6 Å². The summed E-state index contributed by atoms with van der Waals surface area (Å²) in [6.45, 7) is -0.311. The molecule has 31 heavy (non-hydrogen) atoms. The van der Waals surface area contributed by atoms with Gasteiger partial charge in [0, 0.05) is 22.0 Å². The Balaban J connectivity index is 1.51. The molecule has 1 aromatic carbocycles. The van der Waals surface area contributed by atoms with E-state index in [9.17, 15) is 13.2 Å². The Labute approximate surface area is 182 Å². The summed E-state index contributed by atoms with van der Waals surface area (Å²) in [4.78, 5) is 17.9. The zero-order chi connectivity index (χ0) is 21.8. The van der Waals surface area contributed by atoms with Crippen LogP contribution in [0.25, 0.3) is 10.1 Å². The van der Waals surface area contributed by atoms with Crippen molar-refractivity contribution < 1.29 is 17.4 Å². The van der Waals surface area contributed by atoms with Gasteiger partial charge in [0.2, 0.25) is 5.91 Å². The Bertz CT molecular complexity index is 1270. The minimum atomic E-state index is -3.59. The molecule has 1 N–H and O–H groups in total. The van der Waals surface area contributed by atoms with Crippen LogP contribution in [0.2, 0.25) is 0 Å². The highest BCUT2D eigenvalue weighted by molar-refractivity contribution is 7.85. The Morgan fingerprint density at radius 1 is 1.26 bits per heavy atom. The average molecular weight is 458 g/mol. The third kappa shape index (κ3) is 5.51. The van der Waals surface area contributed by atoms with Gasteiger partial charge in [-0.3, -0.25) is 14.0 Å². The van der Waals surface area contributed by atoms with Crippen molar-refractivity contribution in [2.45, 2.75) is 19.2 Å². The van der Waals surface area contributed by atoms with Crippen molar-refractivity contribution in [2.24, 2.45) is 0 Å². The van der Waals surface area contributed by atoms with Crippen LogP contribution in [0.4, 0.5) is 0 Å². The first kappa shape index (κ1) is 21.1. The lowest BCUT2D eigenvalue weighted by atomic mass is 10.1. The van der Waals surface area contributed by atoms with E-state index >= 15 is 0 Å². The lowest BCUT2D eigenvalue weighted by molar-refractivity contribution is -0.122. The fourth-order valence-electron chi connectivity index (χ4n) is 3.01. The Morgan fingerprint density at radius 2 is 2.10 bits per heavy atom. The van der Waals surface area contributed by atoms with Gasteiger partial charge >= 0.3 is 0 Å². The first-order valence-corrected chi connectivity index (χ1v) is 11.9. The van der Waals surface area contributed by atoms with Crippen LogP contribution >= 0.6 is 11.3 Å². The number of nitrogens with zero attached hydrogens (tertiary/aromatic N) is 4. The summed E-state index contributed by atoms with van der Waals surface area (Å²) in [5.41, 5.74) is 1.18. The molecule has 0 bridgehead atoms. The summed E-state index contributed by atoms with van der Waals surface area (Å²) in [5, 5.41) is 11.8. The molecule has 1 atom stereocenters. The number of pyridine rings is 1. The van der Waals surface area contributed by atoms with Crippen molar-refractivity contribution in [1.29, 1.82) is 0 Å². The summed E-state index contributed by atoms with van der Waals surface area (Å²) in [5.74, 6) is -0.271. The van der Waals surface area contributed by atoms with E-state index in [-0.39, 0.29) is 25.1 Å². The normalized spacial score (nSPS) is 12.7. The molecule has 1 unspecified atom stereocenters. The maximum Gasteiger partial charge on any atom is 0.264 e. The number of rotatable bonds is 8. The van der Waals surface area contributed by atoms with E-state index in [4.69, 9.17) is 4.18 Å². The molecule has 4 aromatic rings. The van der Waals surface area contributed by atoms with Gasteiger partial charge in [0.15, 0.2) is 0 Å². The fraction of sp³-hybridized carbons (Fsp3) is 0.200. The number of amides is 1. The standard InChI is InChI=1S/C20H19N5O4S2/c1-31(27,28)29-13-16-11-25(24-23-16)12-19(26)22-20(15-6-4-8-21-10-15)18-9-14-5-2-3-7-17(14)30-18/h2-11,20H,12-13H2,1H3,(H,22,26). The van der Waals surface area contributed by atoms with Crippen molar-refractivity contribution in [1.82, 2.24) is 25.3 Å². The number of thiophene rings is 1. The molecule has 4 rings (SSSR count). The number of hydrogen-bond donors (Lipinski definition) is 1. The van der Waals surface area contributed by atoms with Gasteiger partial charge in [0.1, 0.15) is 18.8 Å². The van der Waals surface area contributed by atoms with Crippen molar-refractivity contribution in [2.75, 3.05) is 6.26 Å². The molecule has 3 heterocycles. The predicted octanol–water partition coefficient (Wildman–Crippen LogP) is 2.27. The zero-order valence-corrected chi connectivity index (χ0v) is 18.1. The molecule has 1 amide bonds.